The highest BCUT2D eigenvalue weighted by molar-refractivity contribution is 5.98. The fourth-order valence-electron chi connectivity index (χ4n) is 1.46. The molecule has 0 spiro atoms. The number of carbonyl (C=O) groups is 2. The maximum atomic E-state index is 11.3. The van der Waals surface area contributed by atoms with Gasteiger partial charge in [0.1, 0.15) is 5.75 Å². The lowest BCUT2D eigenvalue weighted by molar-refractivity contribution is -0.136. The first-order valence-electron chi connectivity index (χ1n) is 4.83. The van der Waals surface area contributed by atoms with Gasteiger partial charge in [-0.25, -0.2) is 0 Å². The van der Waals surface area contributed by atoms with E-state index in [1.54, 1.807) is 6.92 Å². The van der Waals surface area contributed by atoms with E-state index < -0.39 is 5.97 Å². The maximum Gasteiger partial charge on any atom is 0.303 e. The zero-order valence-corrected chi connectivity index (χ0v) is 9.15. The predicted molar refractivity (Wildman–Crippen MR) is 56.6 cm³/mol. The Bertz CT molecular complexity index is 440. The van der Waals surface area contributed by atoms with Crippen molar-refractivity contribution >= 4 is 11.8 Å². The SMILES string of the molecule is CC(=O)c1c(CCC(=O)O)cnc(C)c1O. The molecule has 0 saturated carbocycles. The lowest BCUT2D eigenvalue weighted by Gasteiger charge is -2.09. The number of ketones is 1. The molecule has 0 saturated heterocycles. The van der Waals surface area contributed by atoms with Crippen molar-refractivity contribution in [1.82, 2.24) is 4.98 Å². The molecule has 0 aliphatic rings. The fraction of sp³-hybridized carbons (Fsp3) is 0.364. The van der Waals surface area contributed by atoms with Crippen molar-refractivity contribution in [1.29, 1.82) is 0 Å². The molecular formula is C11H13NO4. The van der Waals surface area contributed by atoms with Gasteiger partial charge in [-0.3, -0.25) is 14.6 Å². The average molecular weight is 223 g/mol. The van der Waals surface area contributed by atoms with Gasteiger partial charge in [-0.05, 0) is 25.8 Å². The summed E-state index contributed by atoms with van der Waals surface area (Å²) in [5.41, 5.74) is 1.01. The lowest BCUT2D eigenvalue weighted by atomic mass is 10.0. The molecule has 0 aliphatic heterocycles. The van der Waals surface area contributed by atoms with Gasteiger partial charge in [-0.15, -0.1) is 0 Å². The summed E-state index contributed by atoms with van der Waals surface area (Å²) < 4.78 is 0. The molecule has 0 bridgehead atoms. The molecule has 0 unspecified atom stereocenters. The van der Waals surface area contributed by atoms with Crippen molar-refractivity contribution in [2.45, 2.75) is 26.7 Å². The molecule has 0 fully saturated rings. The highest BCUT2D eigenvalue weighted by Gasteiger charge is 2.16. The highest BCUT2D eigenvalue weighted by Crippen LogP contribution is 2.24. The second-order valence-electron chi connectivity index (χ2n) is 3.54. The van der Waals surface area contributed by atoms with Gasteiger partial charge in [0, 0.05) is 12.6 Å². The summed E-state index contributed by atoms with van der Waals surface area (Å²) in [6.45, 7) is 2.92. The van der Waals surface area contributed by atoms with E-state index in [9.17, 15) is 14.7 Å². The van der Waals surface area contributed by atoms with E-state index in [4.69, 9.17) is 5.11 Å². The molecule has 2 N–H and O–H groups in total. The normalized spacial score (nSPS) is 10.1. The van der Waals surface area contributed by atoms with Crippen LogP contribution < -0.4 is 0 Å². The van der Waals surface area contributed by atoms with E-state index in [-0.39, 0.29) is 29.9 Å². The minimum atomic E-state index is -0.949. The van der Waals surface area contributed by atoms with Crippen molar-refractivity contribution in [3.05, 3.63) is 23.0 Å². The molecule has 1 rings (SSSR count). The molecule has 0 aromatic carbocycles. The number of hydrogen-bond acceptors (Lipinski definition) is 4. The molecule has 16 heavy (non-hydrogen) atoms. The molecule has 0 amide bonds. The number of aryl methyl sites for hydroxylation is 2. The molecule has 86 valence electrons. The lowest BCUT2D eigenvalue weighted by Crippen LogP contribution is -2.06. The van der Waals surface area contributed by atoms with E-state index >= 15 is 0 Å². The van der Waals surface area contributed by atoms with Crippen LogP contribution in [0.1, 0.15) is 35.0 Å². The van der Waals surface area contributed by atoms with Gasteiger partial charge in [0.2, 0.25) is 0 Å². The predicted octanol–water partition coefficient (Wildman–Crippen LogP) is 1.32. The molecule has 0 aliphatic carbocycles. The summed E-state index contributed by atoms with van der Waals surface area (Å²) in [6.07, 6.45) is 1.53. The first-order chi connectivity index (χ1) is 7.43. The number of aromatic hydroxyl groups is 1. The van der Waals surface area contributed by atoms with Crippen LogP contribution in [0.5, 0.6) is 5.75 Å². The van der Waals surface area contributed by atoms with Crippen molar-refractivity contribution in [2.24, 2.45) is 0 Å². The number of carbonyl (C=O) groups excluding carboxylic acids is 1. The Balaban J connectivity index is 3.13. The number of aromatic nitrogens is 1. The van der Waals surface area contributed by atoms with E-state index in [0.29, 0.717) is 11.3 Å². The summed E-state index contributed by atoms with van der Waals surface area (Å²) in [5, 5.41) is 18.2. The van der Waals surface area contributed by atoms with Gasteiger partial charge in [0.25, 0.3) is 0 Å². The molecule has 1 aromatic rings. The van der Waals surface area contributed by atoms with Crippen molar-refractivity contribution in [3.63, 3.8) is 0 Å². The Morgan fingerprint density at radius 3 is 2.56 bits per heavy atom. The van der Waals surface area contributed by atoms with Gasteiger partial charge >= 0.3 is 5.97 Å². The molecule has 1 heterocycles. The zero-order valence-electron chi connectivity index (χ0n) is 9.15. The third-order valence-electron chi connectivity index (χ3n) is 2.27. The van der Waals surface area contributed by atoms with Crippen molar-refractivity contribution in [3.8, 4) is 5.75 Å². The number of aliphatic carboxylic acids is 1. The topological polar surface area (TPSA) is 87.5 Å². The first-order valence-corrected chi connectivity index (χ1v) is 4.83. The van der Waals surface area contributed by atoms with E-state index in [2.05, 4.69) is 4.98 Å². The Labute approximate surface area is 92.8 Å². The Hall–Kier alpha value is -1.91. The van der Waals surface area contributed by atoms with Crippen LogP contribution in [0.2, 0.25) is 0 Å². The van der Waals surface area contributed by atoms with Gasteiger partial charge in [-0.2, -0.15) is 0 Å². The second kappa shape index (κ2) is 4.74. The quantitative estimate of drug-likeness (QED) is 0.751. The fourth-order valence-corrected chi connectivity index (χ4v) is 1.46. The average Bonchev–Trinajstić information content (AvgIpc) is 2.19. The molecule has 0 atom stereocenters. The summed E-state index contributed by atoms with van der Waals surface area (Å²) in [7, 11) is 0. The smallest absolute Gasteiger partial charge is 0.303 e. The van der Waals surface area contributed by atoms with Crippen LogP contribution in [0, 0.1) is 6.92 Å². The van der Waals surface area contributed by atoms with Gasteiger partial charge in [-0.1, -0.05) is 0 Å². The standard InChI is InChI=1S/C11H13NO4/c1-6-11(16)10(7(2)13)8(5-12-6)3-4-9(14)15/h5,16H,3-4H2,1-2H3,(H,14,15). The van der Waals surface area contributed by atoms with Crippen LogP contribution in [0.25, 0.3) is 0 Å². The minimum Gasteiger partial charge on any atom is -0.505 e. The molecule has 5 heteroatoms. The Morgan fingerprint density at radius 2 is 2.06 bits per heavy atom. The van der Waals surface area contributed by atoms with E-state index in [1.165, 1.54) is 13.1 Å². The summed E-state index contributed by atoms with van der Waals surface area (Å²) >= 11 is 0. The third-order valence-corrected chi connectivity index (χ3v) is 2.27. The molecule has 5 nitrogen and oxygen atoms in total. The van der Waals surface area contributed by atoms with Crippen molar-refractivity contribution < 1.29 is 19.8 Å². The number of carboxylic acid groups (broad SMARTS) is 1. The largest absolute Gasteiger partial charge is 0.505 e. The number of Topliss-reactive ketones (excluding diaryl/α,β-unsaturated/α-hetero) is 1. The minimum absolute atomic E-state index is 0.0928. The van der Waals surface area contributed by atoms with Crippen LogP contribution in [0.3, 0.4) is 0 Å². The number of carboxylic acids is 1. The van der Waals surface area contributed by atoms with Crippen LogP contribution in [-0.4, -0.2) is 26.9 Å². The number of rotatable bonds is 4. The van der Waals surface area contributed by atoms with Gasteiger partial charge in [0.15, 0.2) is 5.78 Å². The maximum absolute atomic E-state index is 11.3. The van der Waals surface area contributed by atoms with Crippen molar-refractivity contribution in [2.75, 3.05) is 0 Å². The molecule has 0 radical (unpaired) electrons. The number of hydrogen-bond donors (Lipinski definition) is 2. The summed E-state index contributed by atoms with van der Waals surface area (Å²) in [6, 6.07) is 0. The Kier molecular flexibility index (Phi) is 3.60. The summed E-state index contributed by atoms with van der Waals surface area (Å²) in [5.74, 6) is -1.40. The van der Waals surface area contributed by atoms with Crippen LogP contribution in [0.4, 0.5) is 0 Å². The van der Waals surface area contributed by atoms with E-state index in [0.717, 1.165) is 0 Å². The first kappa shape index (κ1) is 12.2. The van der Waals surface area contributed by atoms with Crippen LogP contribution >= 0.6 is 0 Å². The van der Waals surface area contributed by atoms with Crippen LogP contribution in [0.15, 0.2) is 6.20 Å². The highest BCUT2D eigenvalue weighted by atomic mass is 16.4. The third kappa shape index (κ3) is 2.56. The monoisotopic (exact) mass is 223 g/mol. The molecule has 1 aromatic heterocycles. The second-order valence-corrected chi connectivity index (χ2v) is 3.54. The zero-order chi connectivity index (χ0) is 12.3. The Morgan fingerprint density at radius 1 is 1.44 bits per heavy atom. The summed E-state index contributed by atoms with van der Waals surface area (Å²) in [4.78, 5) is 25.7. The molecular weight excluding hydrogens is 210 g/mol. The number of pyridine rings is 1. The number of nitrogens with zero attached hydrogens (tertiary/aromatic N) is 1. The van der Waals surface area contributed by atoms with E-state index in [1.807, 2.05) is 0 Å². The van der Waals surface area contributed by atoms with Gasteiger partial charge in [0.05, 0.1) is 11.3 Å². The van der Waals surface area contributed by atoms with Gasteiger partial charge < -0.3 is 10.2 Å². The van der Waals surface area contributed by atoms with Crippen LogP contribution in [-0.2, 0) is 11.2 Å².